The van der Waals surface area contributed by atoms with Gasteiger partial charge in [0.05, 0.1) is 6.61 Å². The Bertz CT molecular complexity index is 421. The molecule has 1 aromatic carbocycles. The molecule has 4 heteroatoms. The SMILES string of the molecule is COCCOc1ccc(NC2CC(C)N(C)CC2C)cc1. The van der Waals surface area contributed by atoms with E-state index in [2.05, 4.69) is 43.2 Å². The molecular formula is C17H28N2O2. The minimum absolute atomic E-state index is 0.538. The van der Waals surface area contributed by atoms with Crippen molar-refractivity contribution in [1.29, 1.82) is 0 Å². The summed E-state index contributed by atoms with van der Waals surface area (Å²) in [5.74, 6) is 1.55. The highest BCUT2D eigenvalue weighted by Crippen LogP contribution is 2.25. The molecular weight excluding hydrogens is 264 g/mol. The Morgan fingerprint density at radius 1 is 1.19 bits per heavy atom. The first-order chi connectivity index (χ1) is 10.1. The van der Waals surface area contributed by atoms with E-state index in [1.807, 2.05) is 12.1 Å². The smallest absolute Gasteiger partial charge is 0.119 e. The number of hydrogen-bond donors (Lipinski definition) is 1. The molecule has 3 atom stereocenters. The maximum absolute atomic E-state index is 5.58. The standard InChI is InChI=1S/C17H28N2O2/c1-13-12-19(3)14(2)11-17(13)18-15-5-7-16(8-6-15)21-10-9-20-4/h5-8,13-14,17-18H,9-12H2,1-4H3. The minimum atomic E-state index is 0.538. The molecule has 0 amide bonds. The lowest BCUT2D eigenvalue weighted by atomic mass is 9.89. The lowest BCUT2D eigenvalue weighted by Gasteiger charge is -2.40. The average molecular weight is 292 g/mol. The summed E-state index contributed by atoms with van der Waals surface area (Å²) in [7, 11) is 3.89. The zero-order valence-corrected chi connectivity index (χ0v) is 13.6. The van der Waals surface area contributed by atoms with Crippen LogP contribution in [0.4, 0.5) is 5.69 Å². The van der Waals surface area contributed by atoms with Crippen molar-refractivity contribution in [1.82, 2.24) is 4.90 Å². The Morgan fingerprint density at radius 3 is 2.57 bits per heavy atom. The summed E-state index contributed by atoms with van der Waals surface area (Å²) < 4.78 is 10.6. The molecule has 4 nitrogen and oxygen atoms in total. The monoisotopic (exact) mass is 292 g/mol. The van der Waals surface area contributed by atoms with E-state index in [0.29, 0.717) is 31.2 Å². The van der Waals surface area contributed by atoms with E-state index in [-0.39, 0.29) is 0 Å². The van der Waals surface area contributed by atoms with Crippen LogP contribution >= 0.6 is 0 Å². The summed E-state index contributed by atoms with van der Waals surface area (Å²) in [6.45, 7) is 6.98. The van der Waals surface area contributed by atoms with Gasteiger partial charge in [-0.05, 0) is 50.6 Å². The van der Waals surface area contributed by atoms with Gasteiger partial charge in [0.25, 0.3) is 0 Å². The van der Waals surface area contributed by atoms with Crippen molar-refractivity contribution >= 4 is 5.69 Å². The number of methoxy groups -OCH3 is 1. The lowest BCUT2D eigenvalue weighted by Crippen LogP contribution is -2.48. The van der Waals surface area contributed by atoms with Gasteiger partial charge >= 0.3 is 0 Å². The number of ether oxygens (including phenoxy) is 2. The maximum atomic E-state index is 5.58. The van der Waals surface area contributed by atoms with E-state index in [0.717, 1.165) is 12.3 Å². The van der Waals surface area contributed by atoms with Crippen LogP contribution in [-0.4, -0.2) is 50.9 Å². The second-order valence-corrected chi connectivity index (χ2v) is 6.12. The van der Waals surface area contributed by atoms with Crippen LogP contribution in [0.1, 0.15) is 20.3 Å². The number of nitrogens with one attached hydrogen (secondary N) is 1. The summed E-state index contributed by atoms with van der Waals surface area (Å²) in [5.41, 5.74) is 1.17. The first-order valence-electron chi connectivity index (χ1n) is 7.78. The fraction of sp³-hybridized carbons (Fsp3) is 0.647. The number of rotatable bonds is 6. The number of benzene rings is 1. The van der Waals surface area contributed by atoms with Gasteiger partial charge in [0, 0.05) is 31.4 Å². The maximum Gasteiger partial charge on any atom is 0.119 e. The summed E-state index contributed by atoms with van der Waals surface area (Å²) >= 11 is 0. The second-order valence-electron chi connectivity index (χ2n) is 6.12. The van der Waals surface area contributed by atoms with E-state index >= 15 is 0 Å². The van der Waals surface area contributed by atoms with Crippen LogP contribution in [-0.2, 0) is 4.74 Å². The molecule has 2 rings (SSSR count). The van der Waals surface area contributed by atoms with E-state index in [9.17, 15) is 0 Å². The largest absolute Gasteiger partial charge is 0.491 e. The molecule has 1 heterocycles. The lowest BCUT2D eigenvalue weighted by molar-refractivity contribution is 0.145. The van der Waals surface area contributed by atoms with E-state index < -0.39 is 0 Å². The van der Waals surface area contributed by atoms with Crippen molar-refractivity contribution in [2.24, 2.45) is 5.92 Å². The van der Waals surface area contributed by atoms with Crippen LogP contribution in [0.2, 0.25) is 0 Å². The van der Waals surface area contributed by atoms with Crippen LogP contribution < -0.4 is 10.1 Å². The van der Waals surface area contributed by atoms with Gasteiger partial charge in [-0.25, -0.2) is 0 Å². The predicted molar refractivity (Wildman–Crippen MR) is 87.1 cm³/mol. The van der Waals surface area contributed by atoms with Crippen LogP contribution in [0.3, 0.4) is 0 Å². The van der Waals surface area contributed by atoms with Gasteiger partial charge < -0.3 is 19.7 Å². The Morgan fingerprint density at radius 2 is 1.90 bits per heavy atom. The van der Waals surface area contributed by atoms with Crippen molar-refractivity contribution in [2.75, 3.05) is 39.2 Å². The third kappa shape index (κ3) is 4.61. The van der Waals surface area contributed by atoms with Gasteiger partial charge in [0.2, 0.25) is 0 Å². The second kappa shape index (κ2) is 7.66. The molecule has 1 aliphatic rings. The van der Waals surface area contributed by atoms with Gasteiger partial charge in [0.1, 0.15) is 12.4 Å². The highest BCUT2D eigenvalue weighted by atomic mass is 16.5. The zero-order valence-electron chi connectivity index (χ0n) is 13.6. The van der Waals surface area contributed by atoms with Gasteiger partial charge in [-0.1, -0.05) is 6.92 Å². The fourth-order valence-corrected chi connectivity index (χ4v) is 2.85. The molecule has 3 unspecified atom stereocenters. The molecule has 1 N–H and O–H groups in total. The van der Waals surface area contributed by atoms with Gasteiger partial charge in [-0.2, -0.15) is 0 Å². The molecule has 0 radical (unpaired) electrons. The third-order valence-corrected chi connectivity index (χ3v) is 4.37. The first-order valence-corrected chi connectivity index (χ1v) is 7.78. The molecule has 0 bridgehead atoms. The number of piperidine rings is 1. The van der Waals surface area contributed by atoms with Crippen molar-refractivity contribution < 1.29 is 9.47 Å². The fourth-order valence-electron chi connectivity index (χ4n) is 2.85. The quantitative estimate of drug-likeness (QED) is 0.818. The highest BCUT2D eigenvalue weighted by molar-refractivity contribution is 5.47. The Kier molecular flexibility index (Phi) is 5.88. The summed E-state index contributed by atoms with van der Waals surface area (Å²) in [4.78, 5) is 2.44. The molecule has 0 aliphatic carbocycles. The molecule has 1 fully saturated rings. The Balaban J connectivity index is 1.88. The molecule has 1 aliphatic heterocycles. The van der Waals surface area contributed by atoms with Gasteiger partial charge in [-0.15, -0.1) is 0 Å². The minimum Gasteiger partial charge on any atom is -0.491 e. The molecule has 1 aromatic rings. The molecule has 0 saturated carbocycles. The highest BCUT2D eigenvalue weighted by Gasteiger charge is 2.28. The number of hydrogen-bond acceptors (Lipinski definition) is 4. The number of nitrogens with zero attached hydrogens (tertiary/aromatic N) is 1. The van der Waals surface area contributed by atoms with Crippen LogP contribution in [0.25, 0.3) is 0 Å². The van der Waals surface area contributed by atoms with Crippen molar-refractivity contribution in [3.63, 3.8) is 0 Å². The summed E-state index contributed by atoms with van der Waals surface area (Å²) in [5, 5.41) is 3.67. The van der Waals surface area contributed by atoms with Crippen LogP contribution in [0.15, 0.2) is 24.3 Å². The summed E-state index contributed by atoms with van der Waals surface area (Å²) in [6, 6.07) is 9.39. The predicted octanol–water partition coefficient (Wildman–Crippen LogP) is 2.85. The first kappa shape index (κ1) is 16.1. The van der Waals surface area contributed by atoms with Crippen molar-refractivity contribution in [3.8, 4) is 5.75 Å². The topological polar surface area (TPSA) is 33.7 Å². The Labute approximate surface area is 128 Å². The molecule has 118 valence electrons. The van der Waals surface area contributed by atoms with E-state index in [1.54, 1.807) is 7.11 Å². The number of likely N-dealkylation sites (tertiary alicyclic amines) is 1. The Hall–Kier alpha value is -1.26. The van der Waals surface area contributed by atoms with Crippen molar-refractivity contribution in [3.05, 3.63) is 24.3 Å². The van der Waals surface area contributed by atoms with Crippen LogP contribution in [0, 0.1) is 5.92 Å². The zero-order chi connectivity index (χ0) is 15.2. The molecule has 21 heavy (non-hydrogen) atoms. The van der Waals surface area contributed by atoms with Gasteiger partial charge in [-0.3, -0.25) is 0 Å². The average Bonchev–Trinajstić information content (AvgIpc) is 2.47. The van der Waals surface area contributed by atoms with Gasteiger partial charge in [0.15, 0.2) is 0 Å². The number of anilines is 1. The van der Waals surface area contributed by atoms with E-state index in [4.69, 9.17) is 9.47 Å². The molecule has 1 saturated heterocycles. The van der Waals surface area contributed by atoms with Crippen molar-refractivity contribution in [2.45, 2.75) is 32.4 Å². The molecule has 0 spiro atoms. The third-order valence-electron chi connectivity index (χ3n) is 4.37. The summed E-state index contributed by atoms with van der Waals surface area (Å²) in [6.07, 6.45) is 1.18. The van der Waals surface area contributed by atoms with Crippen LogP contribution in [0.5, 0.6) is 5.75 Å². The normalized spacial score (nSPS) is 26.6. The molecule has 0 aromatic heterocycles. The van der Waals surface area contributed by atoms with E-state index in [1.165, 1.54) is 12.1 Å².